The second kappa shape index (κ2) is 4.33. The summed E-state index contributed by atoms with van der Waals surface area (Å²) in [4.78, 5) is 0. The Balaban J connectivity index is 2.31. The van der Waals surface area contributed by atoms with Crippen LogP contribution in [-0.2, 0) is 0 Å². The van der Waals surface area contributed by atoms with E-state index in [2.05, 4.69) is 14.9 Å². The van der Waals surface area contributed by atoms with Crippen LogP contribution >= 0.6 is 12.2 Å². The van der Waals surface area contributed by atoms with E-state index in [0.717, 1.165) is 12.1 Å². The van der Waals surface area contributed by atoms with Crippen molar-refractivity contribution in [2.45, 2.75) is 6.36 Å². The molecular formula is C9H7F3N4OS. The molecule has 0 saturated heterocycles. The molecule has 0 amide bonds. The summed E-state index contributed by atoms with van der Waals surface area (Å²) < 4.78 is 41.3. The Morgan fingerprint density at radius 3 is 2.33 bits per heavy atom. The van der Waals surface area contributed by atoms with Crippen LogP contribution in [0.4, 0.5) is 19.1 Å². The van der Waals surface area contributed by atoms with E-state index in [9.17, 15) is 13.2 Å². The third kappa shape index (κ3) is 2.62. The number of aromatic amines is 1. The Hall–Kier alpha value is -2.03. The number of H-pyrrole nitrogens is 1. The summed E-state index contributed by atoms with van der Waals surface area (Å²) in [5, 5.41) is 6.15. The van der Waals surface area contributed by atoms with E-state index in [-0.39, 0.29) is 16.5 Å². The fourth-order valence-corrected chi connectivity index (χ4v) is 1.60. The first-order chi connectivity index (χ1) is 8.37. The quantitative estimate of drug-likeness (QED) is 0.826. The molecule has 0 bridgehead atoms. The Kier molecular flexibility index (Phi) is 2.99. The third-order valence-corrected chi connectivity index (χ3v) is 2.30. The molecule has 0 radical (unpaired) electrons. The van der Waals surface area contributed by atoms with E-state index < -0.39 is 6.36 Å². The number of alkyl halides is 3. The maximum Gasteiger partial charge on any atom is 0.573 e. The van der Waals surface area contributed by atoms with Gasteiger partial charge in [0.25, 0.3) is 0 Å². The SMILES string of the molecule is Nc1n[nH]c(=S)n1-c1ccc(OC(F)(F)F)cc1. The molecule has 0 saturated carbocycles. The molecule has 1 aromatic heterocycles. The lowest BCUT2D eigenvalue weighted by Crippen LogP contribution is -2.17. The number of nitrogen functional groups attached to an aromatic ring is 1. The zero-order valence-electron chi connectivity index (χ0n) is 8.73. The van der Waals surface area contributed by atoms with Crippen LogP contribution in [0.5, 0.6) is 5.75 Å². The highest BCUT2D eigenvalue weighted by Gasteiger charge is 2.30. The first kappa shape index (κ1) is 12.4. The molecule has 9 heteroatoms. The van der Waals surface area contributed by atoms with Crippen LogP contribution < -0.4 is 10.5 Å². The number of halogens is 3. The first-order valence-electron chi connectivity index (χ1n) is 4.66. The van der Waals surface area contributed by atoms with Gasteiger partial charge in [0.2, 0.25) is 10.7 Å². The number of hydrogen-bond acceptors (Lipinski definition) is 4. The largest absolute Gasteiger partial charge is 0.573 e. The fraction of sp³-hybridized carbons (Fsp3) is 0.111. The van der Waals surface area contributed by atoms with E-state index in [4.69, 9.17) is 18.0 Å². The van der Waals surface area contributed by atoms with E-state index >= 15 is 0 Å². The van der Waals surface area contributed by atoms with Crippen molar-refractivity contribution in [3.8, 4) is 11.4 Å². The van der Waals surface area contributed by atoms with Gasteiger partial charge in [0, 0.05) is 0 Å². The van der Waals surface area contributed by atoms with Crippen molar-refractivity contribution in [3.63, 3.8) is 0 Å². The lowest BCUT2D eigenvalue weighted by Gasteiger charge is -2.09. The molecule has 0 fully saturated rings. The molecule has 96 valence electrons. The van der Waals surface area contributed by atoms with Crippen LogP contribution in [0.25, 0.3) is 5.69 Å². The molecule has 18 heavy (non-hydrogen) atoms. The van der Waals surface area contributed by atoms with Crippen molar-refractivity contribution in [2.24, 2.45) is 0 Å². The minimum absolute atomic E-state index is 0.115. The molecule has 3 N–H and O–H groups in total. The molecule has 1 aromatic carbocycles. The van der Waals surface area contributed by atoms with Crippen LogP contribution in [-0.4, -0.2) is 21.1 Å². The van der Waals surface area contributed by atoms with Crippen LogP contribution in [0.3, 0.4) is 0 Å². The maximum atomic E-state index is 12.0. The zero-order chi connectivity index (χ0) is 13.3. The topological polar surface area (TPSA) is 68.9 Å². The van der Waals surface area contributed by atoms with E-state index in [1.165, 1.54) is 16.7 Å². The molecule has 0 atom stereocenters. The van der Waals surface area contributed by atoms with Crippen LogP contribution in [0.1, 0.15) is 0 Å². The van der Waals surface area contributed by atoms with Crippen molar-refractivity contribution in [1.29, 1.82) is 0 Å². The molecule has 2 aromatic rings. The number of nitrogens with one attached hydrogen (secondary N) is 1. The molecule has 0 aliphatic heterocycles. The van der Waals surface area contributed by atoms with E-state index in [0.29, 0.717) is 5.69 Å². The zero-order valence-corrected chi connectivity index (χ0v) is 9.55. The fourth-order valence-electron chi connectivity index (χ4n) is 1.36. The number of anilines is 1. The average molecular weight is 276 g/mol. The summed E-state index contributed by atoms with van der Waals surface area (Å²) in [5.74, 6) is -0.204. The van der Waals surface area contributed by atoms with Gasteiger partial charge in [-0.15, -0.1) is 18.3 Å². The second-order valence-electron chi connectivity index (χ2n) is 3.26. The monoisotopic (exact) mass is 276 g/mol. The minimum Gasteiger partial charge on any atom is -0.406 e. The highest BCUT2D eigenvalue weighted by molar-refractivity contribution is 7.71. The summed E-state index contributed by atoms with van der Waals surface area (Å²) in [5.41, 5.74) is 6.04. The Morgan fingerprint density at radius 1 is 1.28 bits per heavy atom. The minimum atomic E-state index is -4.72. The number of nitrogens with zero attached hydrogens (tertiary/aromatic N) is 2. The highest BCUT2D eigenvalue weighted by Crippen LogP contribution is 2.24. The van der Waals surface area contributed by atoms with Crippen molar-refractivity contribution < 1.29 is 17.9 Å². The van der Waals surface area contributed by atoms with Crippen molar-refractivity contribution in [2.75, 3.05) is 5.73 Å². The molecule has 1 heterocycles. The van der Waals surface area contributed by atoms with Crippen molar-refractivity contribution >= 4 is 18.2 Å². The van der Waals surface area contributed by atoms with Crippen LogP contribution in [0, 0.1) is 4.77 Å². The predicted molar refractivity (Wildman–Crippen MR) is 59.8 cm³/mol. The second-order valence-corrected chi connectivity index (χ2v) is 3.65. The van der Waals surface area contributed by atoms with Gasteiger partial charge in [0.05, 0.1) is 5.69 Å². The average Bonchev–Trinajstić information content (AvgIpc) is 2.58. The Morgan fingerprint density at radius 2 is 1.89 bits per heavy atom. The number of rotatable bonds is 2. The molecule has 0 aliphatic rings. The highest BCUT2D eigenvalue weighted by atomic mass is 32.1. The standard InChI is InChI=1S/C9H7F3N4OS/c10-9(11,12)17-6-3-1-5(2-4-6)16-7(13)14-15-8(16)18/h1-4H,(H2,13,14)(H,15,18). The van der Waals surface area contributed by atoms with Crippen molar-refractivity contribution in [3.05, 3.63) is 29.0 Å². The van der Waals surface area contributed by atoms with Gasteiger partial charge < -0.3 is 10.5 Å². The molecule has 0 unspecified atom stereocenters. The first-order valence-corrected chi connectivity index (χ1v) is 5.07. The summed E-state index contributed by atoms with van der Waals surface area (Å²) in [6, 6.07) is 5.11. The Labute approximate surface area is 104 Å². The molecule has 5 nitrogen and oxygen atoms in total. The smallest absolute Gasteiger partial charge is 0.406 e. The van der Waals surface area contributed by atoms with Crippen LogP contribution in [0.15, 0.2) is 24.3 Å². The van der Waals surface area contributed by atoms with Gasteiger partial charge in [0.1, 0.15) is 5.75 Å². The van der Waals surface area contributed by atoms with Crippen molar-refractivity contribution in [1.82, 2.24) is 14.8 Å². The van der Waals surface area contributed by atoms with Gasteiger partial charge in [-0.1, -0.05) is 0 Å². The number of nitrogens with two attached hydrogens (primary N) is 1. The normalized spacial score (nSPS) is 11.5. The lowest BCUT2D eigenvalue weighted by atomic mass is 10.3. The number of aromatic nitrogens is 3. The number of hydrogen-bond donors (Lipinski definition) is 2. The third-order valence-electron chi connectivity index (χ3n) is 2.03. The van der Waals surface area contributed by atoms with Gasteiger partial charge in [-0.25, -0.2) is 5.10 Å². The molecule has 0 spiro atoms. The van der Waals surface area contributed by atoms with Gasteiger partial charge in [-0.2, -0.15) is 0 Å². The number of benzene rings is 1. The van der Waals surface area contributed by atoms with Gasteiger partial charge in [-0.05, 0) is 36.5 Å². The summed E-state index contributed by atoms with van der Waals surface area (Å²) in [6.45, 7) is 0. The predicted octanol–water partition coefficient (Wildman–Crippen LogP) is 2.41. The summed E-state index contributed by atoms with van der Waals surface area (Å²) in [7, 11) is 0. The molecular weight excluding hydrogens is 269 g/mol. The molecule has 2 rings (SSSR count). The summed E-state index contributed by atoms with van der Waals surface area (Å²) >= 11 is 4.93. The van der Waals surface area contributed by atoms with Gasteiger partial charge >= 0.3 is 6.36 Å². The number of ether oxygens (including phenoxy) is 1. The van der Waals surface area contributed by atoms with Gasteiger partial charge in [0.15, 0.2) is 0 Å². The van der Waals surface area contributed by atoms with Crippen LogP contribution in [0.2, 0.25) is 0 Å². The van der Waals surface area contributed by atoms with E-state index in [1.54, 1.807) is 0 Å². The Bertz CT molecular complexity index is 602. The maximum absolute atomic E-state index is 12.0. The van der Waals surface area contributed by atoms with Gasteiger partial charge in [-0.3, -0.25) is 4.57 Å². The summed E-state index contributed by atoms with van der Waals surface area (Å²) in [6.07, 6.45) is -4.72. The lowest BCUT2D eigenvalue weighted by molar-refractivity contribution is -0.274. The molecule has 0 aliphatic carbocycles. The van der Waals surface area contributed by atoms with E-state index in [1.807, 2.05) is 0 Å².